The van der Waals surface area contributed by atoms with Crippen LogP contribution in [0.3, 0.4) is 0 Å². The van der Waals surface area contributed by atoms with Crippen LogP contribution in [0.15, 0.2) is 18.2 Å². The van der Waals surface area contributed by atoms with E-state index in [1.54, 1.807) is 12.1 Å². The molecule has 1 aliphatic heterocycles. The molecule has 3 rings (SSSR count). The van der Waals surface area contributed by atoms with Crippen LogP contribution in [-0.4, -0.2) is 52.4 Å². The molecule has 0 bridgehead atoms. The van der Waals surface area contributed by atoms with Crippen LogP contribution in [0.5, 0.6) is 0 Å². The van der Waals surface area contributed by atoms with Gasteiger partial charge in [0, 0.05) is 23.3 Å². The normalized spacial score (nSPS) is 15.8. The number of benzene rings is 1. The third-order valence-corrected chi connectivity index (χ3v) is 3.74. The zero-order valence-electron chi connectivity index (χ0n) is 11.3. The van der Waals surface area contributed by atoms with E-state index < -0.39 is 5.97 Å². The Morgan fingerprint density at radius 1 is 1.40 bits per heavy atom. The Balaban J connectivity index is 1.67. The minimum absolute atomic E-state index is 0.379. The fourth-order valence-corrected chi connectivity index (χ4v) is 2.63. The van der Waals surface area contributed by atoms with E-state index in [0.29, 0.717) is 5.56 Å². The molecule has 4 N–H and O–H groups in total. The zero-order valence-corrected chi connectivity index (χ0v) is 11.3. The van der Waals surface area contributed by atoms with Gasteiger partial charge in [-0.05, 0) is 44.1 Å². The van der Waals surface area contributed by atoms with Crippen molar-refractivity contribution >= 4 is 22.7 Å². The summed E-state index contributed by atoms with van der Waals surface area (Å²) in [5.41, 5.74) is 1.16. The number of aromatic nitrogens is 2. The highest BCUT2D eigenvalue weighted by Crippen LogP contribution is 2.21. The molecule has 1 aromatic heterocycles. The van der Waals surface area contributed by atoms with E-state index in [1.807, 2.05) is 6.07 Å². The van der Waals surface area contributed by atoms with E-state index in [4.69, 9.17) is 5.11 Å². The van der Waals surface area contributed by atoms with Crippen molar-refractivity contribution in [2.24, 2.45) is 0 Å². The summed E-state index contributed by atoms with van der Waals surface area (Å²) in [5, 5.41) is 18.5. The minimum Gasteiger partial charge on any atom is -0.561 e. The summed E-state index contributed by atoms with van der Waals surface area (Å²) in [4.78, 5) is 13.5. The van der Waals surface area contributed by atoms with Crippen molar-refractivity contribution in [3.8, 4) is 0 Å². The molecule has 6 nitrogen and oxygen atoms in total. The molecule has 0 radical (unpaired) electrons. The predicted octanol–water partition coefficient (Wildman–Crippen LogP) is 0.935. The van der Waals surface area contributed by atoms with Crippen LogP contribution in [0.1, 0.15) is 23.2 Å². The van der Waals surface area contributed by atoms with Crippen LogP contribution in [0, 0.1) is 0 Å². The van der Waals surface area contributed by atoms with Crippen LogP contribution in [-0.2, 0) is 0 Å². The van der Waals surface area contributed by atoms with Gasteiger partial charge in [0.05, 0.1) is 5.52 Å². The average molecular weight is 275 g/mol. The lowest BCUT2D eigenvalue weighted by atomic mass is 10.1. The maximum Gasteiger partial charge on any atom is 0.549 e. The van der Waals surface area contributed by atoms with Crippen molar-refractivity contribution in [1.82, 2.24) is 15.1 Å². The summed E-state index contributed by atoms with van der Waals surface area (Å²) in [7, 11) is 0. The maximum absolute atomic E-state index is 11.0. The first kappa shape index (κ1) is 12.9. The second kappa shape index (κ2) is 5.50. The molecule has 20 heavy (non-hydrogen) atoms. The molecule has 0 amide bonds. The van der Waals surface area contributed by atoms with Crippen molar-refractivity contribution in [2.75, 3.05) is 31.5 Å². The number of carbonyl (C=O) groups is 1. The molecule has 0 atom stereocenters. The maximum atomic E-state index is 11.0. The number of likely N-dealkylation sites (tertiary alicyclic amines) is 1. The van der Waals surface area contributed by atoms with Crippen molar-refractivity contribution in [1.29, 1.82) is 0 Å². The first-order chi connectivity index (χ1) is 9.74. The van der Waals surface area contributed by atoms with Crippen molar-refractivity contribution in [3.63, 3.8) is 0 Å². The molecule has 2 heterocycles. The summed E-state index contributed by atoms with van der Waals surface area (Å²) in [6, 6.07) is 5.17. The van der Waals surface area contributed by atoms with Crippen LogP contribution in [0.4, 0.5) is 5.82 Å². The van der Waals surface area contributed by atoms with Gasteiger partial charge in [-0.3, -0.25) is 5.10 Å². The van der Waals surface area contributed by atoms with Crippen molar-refractivity contribution in [3.05, 3.63) is 23.8 Å². The Kier molecular flexibility index (Phi) is 3.56. The Bertz CT molecular complexity index is 617. The van der Waals surface area contributed by atoms with Gasteiger partial charge in [-0.1, -0.05) is 0 Å². The number of aromatic amines is 1. The number of rotatable bonds is 5. The van der Waals surface area contributed by atoms with Gasteiger partial charge >= 0.3 is 5.97 Å². The smallest absolute Gasteiger partial charge is 0.549 e. The van der Waals surface area contributed by atoms with E-state index in [2.05, 4.69) is 20.4 Å². The number of anilines is 1. The van der Waals surface area contributed by atoms with Gasteiger partial charge in [0.2, 0.25) is 0 Å². The predicted molar refractivity (Wildman–Crippen MR) is 78.2 cm³/mol. The average Bonchev–Trinajstić information content (AvgIpc) is 3.08. The lowest BCUT2D eigenvalue weighted by Crippen LogP contribution is -2.26. The topological polar surface area (TPSA) is 83.9 Å². The quantitative estimate of drug-likeness (QED) is 0.795. The van der Waals surface area contributed by atoms with Crippen molar-refractivity contribution < 1.29 is 9.90 Å². The zero-order chi connectivity index (χ0) is 13.9. The molecule has 1 aromatic carbocycles. The standard InChI is InChI=1S/C14H18N4O2/c19-14(20)10-3-4-11-12(9-10)16-17-13(11)15-5-8-18-6-1-2-7-18/h3-4,9H,1-2,5-8H2,(H,19,20)(H2,15,16,17)/p+1. The Labute approximate surface area is 116 Å². The third kappa shape index (κ3) is 2.60. The van der Waals surface area contributed by atoms with E-state index in [9.17, 15) is 4.79 Å². The van der Waals surface area contributed by atoms with Gasteiger partial charge in [-0.2, -0.15) is 5.10 Å². The molecular weight excluding hydrogens is 256 g/mol. The molecule has 1 aliphatic rings. The van der Waals surface area contributed by atoms with Gasteiger partial charge in [-0.15, -0.1) is 0 Å². The fourth-order valence-electron chi connectivity index (χ4n) is 2.63. The summed E-state index contributed by atoms with van der Waals surface area (Å²) in [6.07, 6.45) is 2.60. The molecule has 0 spiro atoms. The van der Waals surface area contributed by atoms with E-state index >= 15 is 0 Å². The van der Waals surface area contributed by atoms with Gasteiger partial charge in [0.1, 0.15) is 5.56 Å². The number of fused-ring (bicyclic) bond motifs is 1. The van der Waals surface area contributed by atoms with Crippen LogP contribution < -0.4 is 5.32 Å². The summed E-state index contributed by atoms with van der Waals surface area (Å²) in [6.45, 7) is 4.27. The SMILES string of the molecule is O=C([OH2+])c1ccc2c(NCCN3CCCC3)n[nH]c2c1. The summed E-state index contributed by atoms with van der Waals surface area (Å²) in [5.74, 6) is 0.133. The Hall–Kier alpha value is -2.08. The highest BCUT2D eigenvalue weighted by molar-refractivity contribution is 5.96. The molecular formula is C14H19N4O2+. The molecule has 1 saturated heterocycles. The first-order valence-corrected chi connectivity index (χ1v) is 6.94. The van der Waals surface area contributed by atoms with E-state index in [-0.39, 0.29) is 0 Å². The third-order valence-electron chi connectivity index (χ3n) is 3.74. The molecule has 6 heteroatoms. The number of nitrogens with zero attached hydrogens (tertiary/aromatic N) is 2. The largest absolute Gasteiger partial charge is 0.561 e. The van der Waals surface area contributed by atoms with Crippen LogP contribution in [0.2, 0.25) is 0 Å². The Morgan fingerprint density at radius 2 is 2.20 bits per heavy atom. The van der Waals surface area contributed by atoms with E-state index in [1.165, 1.54) is 25.9 Å². The lowest BCUT2D eigenvalue weighted by molar-refractivity contribution is 0.0697. The molecule has 0 unspecified atom stereocenters. The number of carbonyl (C=O) groups excluding carboxylic acids is 1. The van der Waals surface area contributed by atoms with E-state index in [0.717, 1.165) is 29.8 Å². The second-order valence-corrected chi connectivity index (χ2v) is 5.14. The molecule has 0 saturated carbocycles. The highest BCUT2D eigenvalue weighted by Gasteiger charge is 2.14. The van der Waals surface area contributed by atoms with Crippen LogP contribution >= 0.6 is 0 Å². The summed E-state index contributed by atoms with van der Waals surface area (Å²) >= 11 is 0. The number of hydrogen-bond donors (Lipinski definition) is 2. The second-order valence-electron chi connectivity index (χ2n) is 5.14. The van der Waals surface area contributed by atoms with Crippen molar-refractivity contribution in [2.45, 2.75) is 12.8 Å². The number of hydrogen-bond acceptors (Lipinski definition) is 4. The first-order valence-electron chi connectivity index (χ1n) is 6.94. The Morgan fingerprint density at radius 3 is 2.95 bits per heavy atom. The van der Waals surface area contributed by atoms with Gasteiger partial charge in [-0.25, -0.2) is 0 Å². The van der Waals surface area contributed by atoms with Gasteiger partial charge in [0.25, 0.3) is 0 Å². The monoisotopic (exact) mass is 275 g/mol. The molecule has 2 aromatic rings. The van der Waals surface area contributed by atoms with Gasteiger partial charge in [0.15, 0.2) is 5.82 Å². The molecule has 106 valence electrons. The molecule has 1 fully saturated rings. The molecule has 0 aliphatic carbocycles. The van der Waals surface area contributed by atoms with Crippen LogP contribution in [0.25, 0.3) is 10.9 Å². The number of nitrogens with one attached hydrogen (secondary N) is 2. The number of H-pyrrole nitrogens is 1. The highest BCUT2D eigenvalue weighted by atomic mass is 16.4. The minimum atomic E-state index is -0.676. The van der Waals surface area contributed by atoms with Gasteiger partial charge < -0.3 is 15.3 Å². The lowest BCUT2D eigenvalue weighted by Gasteiger charge is -2.14. The summed E-state index contributed by atoms with van der Waals surface area (Å²) < 4.78 is 0. The fraction of sp³-hybridized carbons (Fsp3) is 0.429.